The molecule has 1 aliphatic rings. The number of aromatic nitrogens is 1. The minimum absolute atomic E-state index is 0.367. The summed E-state index contributed by atoms with van der Waals surface area (Å²) in [5, 5.41) is 1.59. The van der Waals surface area contributed by atoms with Crippen LogP contribution >= 0.6 is 11.6 Å². The highest BCUT2D eigenvalue weighted by Crippen LogP contribution is 2.21. The van der Waals surface area contributed by atoms with Crippen molar-refractivity contribution in [2.24, 2.45) is 0 Å². The van der Waals surface area contributed by atoms with Gasteiger partial charge in [-0.3, -0.25) is 9.88 Å². The molecule has 1 aromatic carbocycles. The monoisotopic (exact) mass is 260 g/mol. The highest BCUT2D eigenvalue weighted by atomic mass is 35.5. The molecule has 0 radical (unpaired) electrons. The lowest BCUT2D eigenvalue weighted by Gasteiger charge is -2.29. The minimum Gasteiger partial charge on any atom is -0.299 e. The lowest BCUT2D eigenvalue weighted by molar-refractivity contribution is 0.224. The molecule has 0 saturated carbocycles. The molecular weight excluding hydrogens is 244 g/mol. The summed E-state index contributed by atoms with van der Waals surface area (Å²) in [4.78, 5) is 6.98. The normalized spacial score (nSPS) is 18.3. The van der Waals surface area contributed by atoms with Crippen molar-refractivity contribution in [3.8, 4) is 0 Å². The van der Waals surface area contributed by atoms with Crippen LogP contribution in [0.25, 0.3) is 10.9 Å². The van der Waals surface area contributed by atoms with Gasteiger partial charge < -0.3 is 0 Å². The fourth-order valence-electron chi connectivity index (χ4n) is 2.60. The number of hydrogen-bond acceptors (Lipinski definition) is 2. The smallest absolute Gasteiger partial charge is 0.0746 e. The van der Waals surface area contributed by atoms with Crippen LogP contribution in [0, 0.1) is 0 Å². The average molecular weight is 261 g/mol. The molecule has 3 heteroatoms. The van der Waals surface area contributed by atoms with E-state index in [-0.39, 0.29) is 0 Å². The van der Waals surface area contributed by atoms with E-state index >= 15 is 0 Å². The molecule has 0 amide bonds. The molecular formula is C15H17ClN2. The van der Waals surface area contributed by atoms with E-state index in [1.807, 2.05) is 12.3 Å². The van der Waals surface area contributed by atoms with Crippen molar-refractivity contribution in [2.45, 2.75) is 24.8 Å². The quantitative estimate of drug-likeness (QED) is 0.769. The molecule has 0 atom stereocenters. The first-order chi connectivity index (χ1) is 8.83. The summed E-state index contributed by atoms with van der Waals surface area (Å²) in [7, 11) is 0. The van der Waals surface area contributed by atoms with Crippen LogP contribution < -0.4 is 0 Å². The zero-order chi connectivity index (χ0) is 12.4. The molecule has 0 unspecified atom stereocenters. The van der Waals surface area contributed by atoms with Crippen LogP contribution in [0.3, 0.4) is 0 Å². The third-order valence-electron chi connectivity index (χ3n) is 3.63. The predicted molar refractivity (Wildman–Crippen MR) is 75.9 cm³/mol. The van der Waals surface area contributed by atoms with Crippen molar-refractivity contribution in [2.75, 3.05) is 13.1 Å². The molecule has 0 N–H and O–H groups in total. The van der Waals surface area contributed by atoms with Crippen molar-refractivity contribution < 1.29 is 0 Å². The predicted octanol–water partition coefficient (Wildman–Crippen LogP) is 3.44. The summed E-state index contributed by atoms with van der Waals surface area (Å²) in [6.45, 7) is 3.17. The summed E-state index contributed by atoms with van der Waals surface area (Å²) < 4.78 is 0. The fraction of sp³-hybridized carbons (Fsp3) is 0.400. The molecule has 1 aliphatic heterocycles. The first kappa shape index (κ1) is 11.9. The second-order valence-corrected chi connectivity index (χ2v) is 5.56. The molecule has 2 nitrogen and oxygen atoms in total. The second-order valence-electron chi connectivity index (χ2n) is 4.94. The maximum atomic E-state index is 6.14. The van der Waals surface area contributed by atoms with Gasteiger partial charge in [-0.05, 0) is 37.6 Å². The van der Waals surface area contributed by atoms with Gasteiger partial charge in [0.2, 0.25) is 0 Å². The molecule has 3 rings (SSSR count). The third kappa shape index (κ3) is 2.50. The van der Waals surface area contributed by atoms with Crippen molar-refractivity contribution in [1.29, 1.82) is 0 Å². The Hall–Kier alpha value is -1.12. The van der Waals surface area contributed by atoms with Crippen LogP contribution in [0.1, 0.15) is 18.4 Å². The molecule has 0 aliphatic carbocycles. The van der Waals surface area contributed by atoms with Gasteiger partial charge in [0.15, 0.2) is 0 Å². The largest absolute Gasteiger partial charge is 0.299 e. The number of pyridine rings is 1. The van der Waals surface area contributed by atoms with Gasteiger partial charge in [-0.25, -0.2) is 0 Å². The van der Waals surface area contributed by atoms with Crippen molar-refractivity contribution in [3.05, 3.63) is 42.1 Å². The van der Waals surface area contributed by atoms with Gasteiger partial charge in [0.25, 0.3) is 0 Å². The van der Waals surface area contributed by atoms with E-state index in [0.29, 0.717) is 5.38 Å². The Labute approximate surface area is 113 Å². The lowest BCUT2D eigenvalue weighted by Crippen LogP contribution is -2.33. The first-order valence-electron chi connectivity index (χ1n) is 6.52. The van der Waals surface area contributed by atoms with Crippen LogP contribution in [-0.4, -0.2) is 28.4 Å². The number of alkyl halides is 1. The number of piperidine rings is 1. The van der Waals surface area contributed by atoms with E-state index in [2.05, 4.69) is 34.1 Å². The molecule has 1 fully saturated rings. The van der Waals surface area contributed by atoms with E-state index in [4.69, 9.17) is 11.6 Å². The van der Waals surface area contributed by atoms with E-state index in [1.54, 1.807) is 0 Å². The van der Waals surface area contributed by atoms with Gasteiger partial charge >= 0.3 is 0 Å². The Bertz CT molecular complexity index is 528. The standard InChI is InChI=1S/C15H17ClN2/c16-14-6-9-18(10-7-14)11-13-4-1-3-12-5-2-8-17-15(12)13/h1-5,8,14H,6-7,9-11H2. The van der Waals surface area contributed by atoms with Gasteiger partial charge in [-0.2, -0.15) is 0 Å². The summed E-state index contributed by atoms with van der Waals surface area (Å²) in [5.41, 5.74) is 2.45. The first-order valence-corrected chi connectivity index (χ1v) is 6.95. The zero-order valence-electron chi connectivity index (χ0n) is 10.3. The van der Waals surface area contributed by atoms with Crippen molar-refractivity contribution in [1.82, 2.24) is 9.88 Å². The Kier molecular flexibility index (Phi) is 3.48. The molecule has 0 spiro atoms. The topological polar surface area (TPSA) is 16.1 Å². The summed E-state index contributed by atoms with van der Waals surface area (Å²) in [5.74, 6) is 0. The molecule has 1 saturated heterocycles. The van der Waals surface area contributed by atoms with Crippen LogP contribution in [-0.2, 0) is 6.54 Å². The Balaban J connectivity index is 1.82. The number of benzene rings is 1. The molecule has 2 heterocycles. The molecule has 2 aromatic rings. The number of fused-ring (bicyclic) bond motifs is 1. The van der Waals surface area contributed by atoms with E-state index in [1.165, 1.54) is 10.9 Å². The Morgan fingerprint density at radius 3 is 2.78 bits per heavy atom. The van der Waals surface area contributed by atoms with E-state index < -0.39 is 0 Å². The van der Waals surface area contributed by atoms with Gasteiger partial charge in [0.1, 0.15) is 0 Å². The van der Waals surface area contributed by atoms with Gasteiger partial charge in [-0.15, -0.1) is 11.6 Å². The fourth-order valence-corrected chi connectivity index (χ4v) is 2.79. The van der Waals surface area contributed by atoms with Gasteiger partial charge in [0, 0.05) is 23.5 Å². The molecule has 18 heavy (non-hydrogen) atoms. The number of para-hydroxylation sites is 1. The highest BCUT2D eigenvalue weighted by molar-refractivity contribution is 6.20. The number of hydrogen-bond donors (Lipinski definition) is 0. The lowest BCUT2D eigenvalue weighted by atomic mass is 10.1. The third-order valence-corrected chi connectivity index (χ3v) is 4.06. The minimum atomic E-state index is 0.367. The average Bonchev–Trinajstić information content (AvgIpc) is 2.42. The maximum Gasteiger partial charge on any atom is 0.0746 e. The van der Waals surface area contributed by atoms with E-state index in [9.17, 15) is 0 Å². The summed E-state index contributed by atoms with van der Waals surface area (Å²) in [6, 6.07) is 10.5. The van der Waals surface area contributed by atoms with Crippen LogP contribution in [0.2, 0.25) is 0 Å². The van der Waals surface area contributed by atoms with Crippen LogP contribution in [0.5, 0.6) is 0 Å². The Morgan fingerprint density at radius 2 is 1.94 bits per heavy atom. The van der Waals surface area contributed by atoms with Crippen molar-refractivity contribution in [3.63, 3.8) is 0 Å². The van der Waals surface area contributed by atoms with Gasteiger partial charge in [-0.1, -0.05) is 24.3 Å². The van der Waals surface area contributed by atoms with Gasteiger partial charge in [0.05, 0.1) is 5.52 Å². The maximum absolute atomic E-state index is 6.14. The van der Waals surface area contributed by atoms with Crippen LogP contribution in [0.4, 0.5) is 0 Å². The number of likely N-dealkylation sites (tertiary alicyclic amines) is 1. The zero-order valence-corrected chi connectivity index (χ0v) is 11.1. The molecule has 1 aromatic heterocycles. The Morgan fingerprint density at radius 1 is 1.17 bits per heavy atom. The number of nitrogens with zero attached hydrogens (tertiary/aromatic N) is 2. The summed E-state index contributed by atoms with van der Waals surface area (Å²) >= 11 is 6.14. The number of halogens is 1. The summed E-state index contributed by atoms with van der Waals surface area (Å²) in [6.07, 6.45) is 4.07. The second kappa shape index (κ2) is 5.25. The van der Waals surface area contributed by atoms with Crippen LogP contribution in [0.15, 0.2) is 36.5 Å². The molecule has 0 bridgehead atoms. The highest BCUT2D eigenvalue weighted by Gasteiger charge is 2.17. The molecule has 94 valence electrons. The van der Waals surface area contributed by atoms with Crippen molar-refractivity contribution >= 4 is 22.5 Å². The SMILES string of the molecule is ClC1CCN(Cc2cccc3cccnc23)CC1. The number of rotatable bonds is 2. The van der Waals surface area contributed by atoms with E-state index in [0.717, 1.165) is 38.0 Å².